The maximum Gasteiger partial charge on any atom is 0.327 e. The molecule has 1 aliphatic heterocycles. The van der Waals surface area contributed by atoms with E-state index >= 15 is 0 Å². The van der Waals surface area contributed by atoms with Crippen molar-refractivity contribution >= 4 is 17.9 Å². The average Bonchev–Trinajstić information content (AvgIpc) is 2.78. The molecule has 1 saturated heterocycles. The first-order valence-corrected chi connectivity index (χ1v) is 9.00. The van der Waals surface area contributed by atoms with E-state index in [0.717, 1.165) is 30.2 Å². The molecule has 146 valence electrons. The van der Waals surface area contributed by atoms with Crippen molar-refractivity contribution in [2.45, 2.75) is 50.7 Å². The number of likely N-dealkylation sites (N-methyl/N-ethyl adjacent to an activating group) is 1. The molecule has 1 spiro atoms. The van der Waals surface area contributed by atoms with E-state index in [-0.39, 0.29) is 11.5 Å². The minimum Gasteiger partial charge on any atom is -0.456 e. The number of benzene rings is 1. The molecule has 27 heavy (non-hydrogen) atoms. The van der Waals surface area contributed by atoms with E-state index in [9.17, 15) is 23.2 Å². The minimum absolute atomic E-state index is 0.0182. The van der Waals surface area contributed by atoms with Gasteiger partial charge in [0, 0.05) is 18.7 Å². The SMILES string of the molecule is CC(OC(=O)CN1C(=O)N(C)C2(CCCCC2)C1=O)c1ccc(F)cc1F. The maximum atomic E-state index is 13.8. The van der Waals surface area contributed by atoms with Gasteiger partial charge in [-0.3, -0.25) is 14.5 Å². The second-order valence-corrected chi connectivity index (χ2v) is 7.12. The number of hydrogen-bond donors (Lipinski definition) is 0. The lowest BCUT2D eigenvalue weighted by Gasteiger charge is -2.35. The van der Waals surface area contributed by atoms with Crippen LogP contribution in [0.5, 0.6) is 0 Å². The van der Waals surface area contributed by atoms with Crippen molar-refractivity contribution in [3.63, 3.8) is 0 Å². The number of carbonyl (C=O) groups excluding carboxylic acids is 3. The second-order valence-electron chi connectivity index (χ2n) is 7.12. The molecule has 2 fully saturated rings. The highest BCUT2D eigenvalue weighted by atomic mass is 19.1. The fourth-order valence-corrected chi connectivity index (χ4v) is 3.93. The van der Waals surface area contributed by atoms with E-state index in [4.69, 9.17) is 4.74 Å². The van der Waals surface area contributed by atoms with Crippen molar-refractivity contribution in [2.75, 3.05) is 13.6 Å². The predicted molar refractivity (Wildman–Crippen MR) is 91.6 cm³/mol. The number of hydrogen-bond acceptors (Lipinski definition) is 4. The lowest BCUT2D eigenvalue weighted by atomic mass is 9.81. The van der Waals surface area contributed by atoms with Crippen molar-refractivity contribution in [2.24, 2.45) is 0 Å². The number of imide groups is 1. The number of urea groups is 1. The summed E-state index contributed by atoms with van der Waals surface area (Å²) in [6, 6.07) is 2.44. The largest absolute Gasteiger partial charge is 0.456 e. The zero-order chi connectivity index (χ0) is 19.8. The molecule has 0 aromatic heterocycles. The Morgan fingerprint density at radius 1 is 1.22 bits per heavy atom. The van der Waals surface area contributed by atoms with Crippen LogP contribution >= 0.6 is 0 Å². The van der Waals surface area contributed by atoms with Gasteiger partial charge in [-0.15, -0.1) is 0 Å². The molecule has 1 aliphatic carbocycles. The molecule has 1 saturated carbocycles. The van der Waals surface area contributed by atoms with Crippen LogP contribution in [0.4, 0.5) is 13.6 Å². The van der Waals surface area contributed by atoms with Gasteiger partial charge < -0.3 is 9.64 Å². The average molecular weight is 380 g/mol. The molecule has 6 nitrogen and oxygen atoms in total. The Labute approximate surface area is 156 Å². The van der Waals surface area contributed by atoms with Crippen molar-refractivity contribution in [3.8, 4) is 0 Å². The standard InChI is InChI=1S/C19H22F2N2O4/c1-12(14-7-6-13(20)10-15(14)21)27-16(24)11-23-17(25)19(22(2)18(23)26)8-4-3-5-9-19/h6-7,10,12H,3-5,8-9,11H2,1-2H3. The van der Waals surface area contributed by atoms with Crippen LogP contribution in [-0.4, -0.2) is 46.8 Å². The highest BCUT2D eigenvalue weighted by Crippen LogP contribution is 2.39. The van der Waals surface area contributed by atoms with E-state index in [1.54, 1.807) is 7.05 Å². The molecule has 1 unspecified atom stereocenters. The van der Waals surface area contributed by atoms with Gasteiger partial charge in [-0.2, -0.15) is 0 Å². The number of carbonyl (C=O) groups is 3. The van der Waals surface area contributed by atoms with Gasteiger partial charge in [-0.1, -0.05) is 19.3 Å². The van der Waals surface area contributed by atoms with E-state index in [2.05, 4.69) is 0 Å². The van der Waals surface area contributed by atoms with Gasteiger partial charge in [0.1, 0.15) is 29.8 Å². The molecule has 1 atom stereocenters. The van der Waals surface area contributed by atoms with Gasteiger partial charge in [-0.05, 0) is 31.9 Å². The van der Waals surface area contributed by atoms with Crippen molar-refractivity contribution < 1.29 is 27.9 Å². The molecule has 0 bridgehead atoms. The van der Waals surface area contributed by atoms with Crippen LogP contribution in [0.1, 0.15) is 50.7 Å². The number of rotatable bonds is 4. The van der Waals surface area contributed by atoms with Crippen LogP contribution in [0.25, 0.3) is 0 Å². The zero-order valence-electron chi connectivity index (χ0n) is 15.3. The molecule has 0 radical (unpaired) electrons. The third-order valence-corrected chi connectivity index (χ3v) is 5.48. The number of esters is 1. The lowest BCUT2D eigenvalue weighted by molar-refractivity contribution is -0.152. The monoisotopic (exact) mass is 380 g/mol. The van der Waals surface area contributed by atoms with Gasteiger partial charge in [-0.25, -0.2) is 13.6 Å². The van der Waals surface area contributed by atoms with Crippen LogP contribution < -0.4 is 0 Å². The summed E-state index contributed by atoms with van der Waals surface area (Å²) in [7, 11) is 1.58. The van der Waals surface area contributed by atoms with Gasteiger partial charge in [0.15, 0.2) is 0 Å². The summed E-state index contributed by atoms with van der Waals surface area (Å²) in [6.07, 6.45) is 2.89. The van der Waals surface area contributed by atoms with E-state index < -0.39 is 41.8 Å². The van der Waals surface area contributed by atoms with Gasteiger partial charge in [0.05, 0.1) is 0 Å². The summed E-state index contributed by atoms with van der Waals surface area (Å²) in [5.41, 5.74) is -0.853. The maximum absolute atomic E-state index is 13.8. The second kappa shape index (κ2) is 7.25. The Morgan fingerprint density at radius 3 is 2.52 bits per heavy atom. The molecule has 3 amide bonds. The quantitative estimate of drug-likeness (QED) is 0.594. The predicted octanol–water partition coefficient (Wildman–Crippen LogP) is 3.17. The topological polar surface area (TPSA) is 66.9 Å². The highest BCUT2D eigenvalue weighted by Gasteiger charge is 2.56. The molecule has 8 heteroatoms. The number of nitrogens with zero attached hydrogens (tertiary/aromatic N) is 2. The normalized spacial score (nSPS) is 20.3. The molecular weight excluding hydrogens is 358 g/mol. The van der Waals surface area contributed by atoms with E-state index in [0.29, 0.717) is 18.9 Å². The molecular formula is C19H22F2N2O4. The molecule has 2 aliphatic rings. The van der Waals surface area contributed by atoms with Gasteiger partial charge in [0.2, 0.25) is 0 Å². The van der Waals surface area contributed by atoms with Gasteiger partial charge >= 0.3 is 12.0 Å². The van der Waals surface area contributed by atoms with Crippen molar-refractivity contribution in [3.05, 3.63) is 35.4 Å². The number of amides is 3. The zero-order valence-corrected chi connectivity index (χ0v) is 15.3. The van der Waals surface area contributed by atoms with Crippen LogP contribution in [-0.2, 0) is 14.3 Å². The molecule has 1 heterocycles. The number of ether oxygens (including phenoxy) is 1. The van der Waals surface area contributed by atoms with Crippen LogP contribution in [0.15, 0.2) is 18.2 Å². The van der Waals surface area contributed by atoms with Crippen molar-refractivity contribution in [1.82, 2.24) is 9.80 Å². The molecule has 3 rings (SSSR count). The highest BCUT2D eigenvalue weighted by molar-refractivity contribution is 6.08. The lowest BCUT2D eigenvalue weighted by Crippen LogP contribution is -2.49. The Bertz CT molecular complexity index is 777. The number of halogens is 2. The smallest absolute Gasteiger partial charge is 0.327 e. The fraction of sp³-hybridized carbons (Fsp3) is 0.526. The molecule has 1 aromatic carbocycles. The first kappa shape index (κ1) is 19.3. The van der Waals surface area contributed by atoms with Crippen LogP contribution in [0.2, 0.25) is 0 Å². The van der Waals surface area contributed by atoms with E-state index in [1.807, 2.05) is 0 Å². The third-order valence-electron chi connectivity index (χ3n) is 5.48. The summed E-state index contributed by atoms with van der Waals surface area (Å²) in [4.78, 5) is 39.9. The first-order valence-electron chi connectivity index (χ1n) is 9.00. The van der Waals surface area contributed by atoms with Gasteiger partial charge in [0.25, 0.3) is 5.91 Å². The van der Waals surface area contributed by atoms with Crippen LogP contribution in [0.3, 0.4) is 0 Å². The minimum atomic E-state index is -0.979. The van der Waals surface area contributed by atoms with Crippen LogP contribution in [0, 0.1) is 11.6 Å². The molecule has 0 N–H and O–H groups in total. The Kier molecular flexibility index (Phi) is 5.17. The summed E-state index contributed by atoms with van der Waals surface area (Å²) in [5.74, 6) is -2.77. The summed E-state index contributed by atoms with van der Waals surface area (Å²) >= 11 is 0. The van der Waals surface area contributed by atoms with Crippen molar-refractivity contribution in [1.29, 1.82) is 0 Å². The summed E-state index contributed by atoms with van der Waals surface area (Å²) < 4.78 is 32.0. The fourth-order valence-electron chi connectivity index (χ4n) is 3.93. The molecule has 1 aromatic rings. The summed E-state index contributed by atoms with van der Waals surface area (Å²) in [5, 5.41) is 0. The third kappa shape index (κ3) is 3.40. The Hall–Kier alpha value is -2.51. The Balaban J connectivity index is 1.68. The first-order chi connectivity index (χ1) is 12.8. The Morgan fingerprint density at radius 2 is 1.89 bits per heavy atom. The van der Waals surface area contributed by atoms with E-state index in [1.165, 1.54) is 17.9 Å². The summed E-state index contributed by atoms with van der Waals surface area (Å²) in [6.45, 7) is 0.910.